The van der Waals surface area contributed by atoms with Crippen molar-refractivity contribution >= 4 is 17.4 Å². The molecule has 1 aliphatic rings. The van der Waals surface area contributed by atoms with Crippen LogP contribution >= 0.6 is 11.6 Å². The largest absolute Gasteiger partial charge is 0.379 e. The van der Waals surface area contributed by atoms with Crippen molar-refractivity contribution < 1.29 is 4.74 Å². The van der Waals surface area contributed by atoms with Gasteiger partial charge in [-0.1, -0.05) is 0 Å². The van der Waals surface area contributed by atoms with E-state index in [-0.39, 0.29) is 10.8 Å². The number of anilines is 1. The number of hydrogen-bond donors (Lipinski definition) is 1. The zero-order chi connectivity index (χ0) is 10.7. The van der Waals surface area contributed by atoms with Crippen LogP contribution in [0.25, 0.3) is 0 Å². The van der Waals surface area contributed by atoms with Gasteiger partial charge in [0.2, 0.25) is 5.28 Å². The highest BCUT2D eigenvalue weighted by Crippen LogP contribution is 2.23. The van der Waals surface area contributed by atoms with Gasteiger partial charge in [0.15, 0.2) is 0 Å². The van der Waals surface area contributed by atoms with Gasteiger partial charge < -0.3 is 10.1 Å². The van der Waals surface area contributed by atoms with Crippen molar-refractivity contribution in [3.05, 3.63) is 17.5 Å². The summed E-state index contributed by atoms with van der Waals surface area (Å²) in [6.07, 6.45) is 3.79. The maximum Gasteiger partial charge on any atom is 0.224 e. The molecule has 2 rings (SSSR count). The van der Waals surface area contributed by atoms with Crippen LogP contribution in [-0.2, 0) is 4.74 Å². The molecular weight excluding hydrogens is 214 g/mol. The minimum atomic E-state index is -0.0457. The van der Waals surface area contributed by atoms with Gasteiger partial charge in [0.05, 0.1) is 12.1 Å². The van der Waals surface area contributed by atoms with Crippen LogP contribution in [0.3, 0.4) is 0 Å². The van der Waals surface area contributed by atoms with Crippen LogP contribution in [0.2, 0.25) is 5.28 Å². The zero-order valence-electron chi connectivity index (χ0n) is 8.66. The van der Waals surface area contributed by atoms with Crippen molar-refractivity contribution in [3.8, 4) is 0 Å². The third kappa shape index (κ3) is 2.79. The Morgan fingerprint density at radius 2 is 2.47 bits per heavy atom. The molecule has 15 heavy (non-hydrogen) atoms. The van der Waals surface area contributed by atoms with Crippen LogP contribution in [0, 0.1) is 0 Å². The standard InChI is InChI=1S/C10H14ClN3O/c1-10(4-2-6-15-7-10)14-8-3-5-12-9(11)13-8/h3,5H,2,4,6-7H2,1H3,(H,12,13,14). The molecule has 0 amide bonds. The fourth-order valence-corrected chi connectivity index (χ4v) is 1.89. The first kappa shape index (κ1) is 10.6. The van der Waals surface area contributed by atoms with Crippen molar-refractivity contribution in [3.63, 3.8) is 0 Å². The van der Waals surface area contributed by atoms with E-state index >= 15 is 0 Å². The summed E-state index contributed by atoms with van der Waals surface area (Å²) in [6, 6.07) is 1.81. The van der Waals surface area contributed by atoms with Crippen LogP contribution in [0.5, 0.6) is 0 Å². The number of hydrogen-bond acceptors (Lipinski definition) is 4. The lowest BCUT2D eigenvalue weighted by Crippen LogP contribution is -2.43. The number of rotatable bonds is 2. The van der Waals surface area contributed by atoms with E-state index in [0.717, 1.165) is 25.3 Å². The van der Waals surface area contributed by atoms with Gasteiger partial charge >= 0.3 is 0 Å². The Morgan fingerprint density at radius 3 is 3.13 bits per heavy atom. The van der Waals surface area contributed by atoms with Gasteiger partial charge in [-0.15, -0.1) is 0 Å². The highest BCUT2D eigenvalue weighted by molar-refractivity contribution is 6.28. The highest BCUT2D eigenvalue weighted by atomic mass is 35.5. The van der Waals surface area contributed by atoms with E-state index in [1.807, 2.05) is 6.07 Å². The molecule has 1 aromatic heterocycles. The molecule has 1 unspecified atom stereocenters. The predicted octanol–water partition coefficient (Wildman–Crippen LogP) is 2.11. The van der Waals surface area contributed by atoms with Crippen LogP contribution in [0.15, 0.2) is 12.3 Å². The first-order valence-corrected chi connectivity index (χ1v) is 5.40. The lowest BCUT2D eigenvalue weighted by molar-refractivity contribution is 0.0539. The molecule has 0 saturated carbocycles. The molecule has 0 bridgehead atoms. The summed E-state index contributed by atoms with van der Waals surface area (Å²) < 4.78 is 5.45. The summed E-state index contributed by atoms with van der Waals surface area (Å²) in [5, 5.41) is 3.60. The molecule has 1 aromatic rings. The molecule has 1 atom stereocenters. The second-order valence-electron chi connectivity index (χ2n) is 4.05. The Bertz CT molecular complexity index is 339. The Kier molecular flexibility index (Phi) is 3.07. The summed E-state index contributed by atoms with van der Waals surface area (Å²) in [7, 11) is 0. The SMILES string of the molecule is CC1(Nc2ccnc(Cl)n2)CCCOC1. The zero-order valence-corrected chi connectivity index (χ0v) is 9.42. The summed E-state index contributed by atoms with van der Waals surface area (Å²) >= 11 is 5.71. The molecule has 1 saturated heterocycles. The monoisotopic (exact) mass is 227 g/mol. The number of nitrogens with zero attached hydrogens (tertiary/aromatic N) is 2. The van der Waals surface area contributed by atoms with Crippen molar-refractivity contribution in [2.45, 2.75) is 25.3 Å². The Labute approximate surface area is 94.0 Å². The van der Waals surface area contributed by atoms with Gasteiger partial charge in [0, 0.05) is 12.8 Å². The molecule has 0 radical (unpaired) electrons. The normalized spacial score (nSPS) is 26.3. The summed E-state index contributed by atoms with van der Waals surface area (Å²) in [5.41, 5.74) is -0.0457. The average molecular weight is 228 g/mol. The van der Waals surface area contributed by atoms with E-state index in [0.29, 0.717) is 6.61 Å². The Morgan fingerprint density at radius 1 is 1.60 bits per heavy atom. The molecule has 2 heterocycles. The number of ether oxygens (including phenoxy) is 1. The fraction of sp³-hybridized carbons (Fsp3) is 0.600. The van der Waals surface area contributed by atoms with E-state index in [9.17, 15) is 0 Å². The van der Waals surface area contributed by atoms with Crippen molar-refractivity contribution in [1.82, 2.24) is 9.97 Å². The van der Waals surface area contributed by atoms with Crippen molar-refractivity contribution in [1.29, 1.82) is 0 Å². The second-order valence-corrected chi connectivity index (χ2v) is 4.39. The molecule has 1 aliphatic heterocycles. The fourth-order valence-electron chi connectivity index (χ4n) is 1.75. The lowest BCUT2D eigenvalue weighted by atomic mass is 9.95. The minimum absolute atomic E-state index is 0.0457. The van der Waals surface area contributed by atoms with Crippen LogP contribution in [0.4, 0.5) is 5.82 Å². The van der Waals surface area contributed by atoms with E-state index in [2.05, 4.69) is 22.2 Å². The smallest absolute Gasteiger partial charge is 0.224 e. The molecule has 0 spiro atoms. The molecule has 1 N–H and O–H groups in total. The van der Waals surface area contributed by atoms with Gasteiger partial charge in [-0.3, -0.25) is 0 Å². The number of aromatic nitrogens is 2. The lowest BCUT2D eigenvalue weighted by Gasteiger charge is -2.34. The molecule has 0 aromatic carbocycles. The van der Waals surface area contributed by atoms with E-state index in [1.165, 1.54) is 0 Å². The topological polar surface area (TPSA) is 47.0 Å². The quantitative estimate of drug-likeness (QED) is 0.787. The summed E-state index contributed by atoms with van der Waals surface area (Å²) in [5.74, 6) is 0.753. The van der Waals surface area contributed by atoms with Gasteiger partial charge in [-0.05, 0) is 37.4 Å². The van der Waals surface area contributed by atoms with Gasteiger partial charge in [-0.2, -0.15) is 0 Å². The second kappa shape index (κ2) is 4.33. The first-order chi connectivity index (χ1) is 7.18. The third-order valence-electron chi connectivity index (χ3n) is 2.49. The first-order valence-electron chi connectivity index (χ1n) is 5.02. The van der Waals surface area contributed by atoms with Crippen molar-refractivity contribution in [2.75, 3.05) is 18.5 Å². The third-order valence-corrected chi connectivity index (χ3v) is 2.68. The van der Waals surface area contributed by atoms with Crippen molar-refractivity contribution in [2.24, 2.45) is 0 Å². The molecular formula is C10H14ClN3O. The molecule has 4 nitrogen and oxygen atoms in total. The Balaban J connectivity index is 2.06. The molecule has 0 aliphatic carbocycles. The van der Waals surface area contributed by atoms with E-state index < -0.39 is 0 Å². The Hall–Kier alpha value is -0.870. The van der Waals surface area contributed by atoms with E-state index in [4.69, 9.17) is 16.3 Å². The summed E-state index contributed by atoms with van der Waals surface area (Å²) in [6.45, 7) is 3.68. The molecule has 5 heteroatoms. The van der Waals surface area contributed by atoms with Gasteiger partial charge in [0.1, 0.15) is 5.82 Å². The highest BCUT2D eigenvalue weighted by Gasteiger charge is 2.27. The van der Waals surface area contributed by atoms with Crippen LogP contribution < -0.4 is 5.32 Å². The van der Waals surface area contributed by atoms with Gasteiger partial charge in [-0.25, -0.2) is 9.97 Å². The molecule has 1 fully saturated rings. The summed E-state index contributed by atoms with van der Waals surface area (Å²) in [4.78, 5) is 7.94. The van der Waals surface area contributed by atoms with Gasteiger partial charge in [0.25, 0.3) is 0 Å². The van der Waals surface area contributed by atoms with Crippen LogP contribution in [-0.4, -0.2) is 28.7 Å². The predicted molar refractivity (Wildman–Crippen MR) is 59.1 cm³/mol. The maximum absolute atomic E-state index is 5.71. The average Bonchev–Trinajstić information content (AvgIpc) is 2.18. The maximum atomic E-state index is 5.71. The number of nitrogens with one attached hydrogen (secondary N) is 1. The minimum Gasteiger partial charge on any atom is -0.379 e. The molecule has 82 valence electrons. The van der Waals surface area contributed by atoms with Crippen LogP contribution in [0.1, 0.15) is 19.8 Å². The van der Waals surface area contributed by atoms with E-state index in [1.54, 1.807) is 6.20 Å². The number of halogens is 1.